The van der Waals surface area contributed by atoms with Crippen molar-refractivity contribution in [3.8, 4) is 0 Å². The Morgan fingerprint density at radius 1 is 1.40 bits per heavy atom. The van der Waals surface area contributed by atoms with Gasteiger partial charge in [-0.15, -0.1) is 0 Å². The van der Waals surface area contributed by atoms with Crippen LogP contribution in [0.15, 0.2) is 18.2 Å². The van der Waals surface area contributed by atoms with Crippen molar-refractivity contribution in [1.82, 2.24) is 0 Å². The predicted octanol–water partition coefficient (Wildman–Crippen LogP) is 2.51. The van der Waals surface area contributed by atoms with E-state index in [2.05, 4.69) is 0 Å². The summed E-state index contributed by atoms with van der Waals surface area (Å²) in [6.07, 6.45) is -0.00549. The number of hydrogen-bond donors (Lipinski definition) is 2. The summed E-state index contributed by atoms with van der Waals surface area (Å²) in [6.45, 7) is 0.268. The summed E-state index contributed by atoms with van der Waals surface area (Å²) < 4.78 is 0. The monoisotopic (exact) mass is 247 g/mol. The van der Waals surface area contributed by atoms with E-state index >= 15 is 0 Å². The molecule has 0 radical (unpaired) electrons. The highest BCUT2D eigenvalue weighted by Gasteiger charge is 2.14. The van der Waals surface area contributed by atoms with E-state index in [-0.39, 0.29) is 18.9 Å². The molecule has 0 spiro atoms. The lowest BCUT2D eigenvalue weighted by Gasteiger charge is -2.13. The topological polar surface area (TPSA) is 63.3 Å². The molecule has 1 rings (SSSR count). The Morgan fingerprint density at radius 3 is 2.53 bits per heavy atom. The van der Waals surface area contributed by atoms with Crippen LogP contribution in [-0.4, -0.2) is 17.6 Å². The summed E-state index contributed by atoms with van der Waals surface area (Å²) >= 11 is 11.6. The molecule has 0 bridgehead atoms. The number of hydrogen-bond acceptors (Lipinski definition) is 2. The third-order valence-electron chi connectivity index (χ3n) is 2.12. The minimum Gasteiger partial charge on any atom is -0.481 e. The van der Waals surface area contributed by atoms with Gasteiger partial charge in [0.15, 0.2) is 0 Å². The van der Waals surface area contributed by atoms with E-state index in [0.29, 0.717) is 10.0 Å². The molecule has 0 saturated carbocycles. The normalized spacial score (nSPS) is 12.5. The molecule has 0 aromatic heterocycles. The fraction of sp³-hybridized carbons (Fsp3) is 0.300. The molecule has 0 aliphatic heterocycles. The molecule has 0 fully saturated rings. The fourth-order valence-corrected chi connectivity index (χ4v) is 1.62. The van der Waals surface area contributed by atoms with E-state index < -0.39 is 5.97 Å². The predicted molar refractivity (Wildman–Crippen MR) is 60.5 cm³/mol. The largest absolute Gasteiger partial charge is 0.481 e. The van der Waals surface area contributed by atoms with Crippen LogP contribution in [0.1, 0.15) is 17.9 Å². The Kier molecular flexibility index (Phi) is 4.39. The highest BCUT2D eigenvalue weighted by molar-refractivity contribution is 6.42. The molecule has 1 aromatic carbocycles. The van der Waals surface area contributed by atoms with Crippen molar-refractivity contribution >= 4 is 29.2 Å². The number of carbonyl (C=O) groups is 1. The van der Waals surface area contributed by atoms with Crippen LogP contribution in [-0.2, 0) is 4.79 Å². The Hall–Kier alpha value is -0.770. The average Bonchev–Trinajstić information content (AvgIpc) is 2.18. The first-order valence-corrected chi connectivity index (χ1v) is 5.17. The molecule has 82 valence electrons. The summed E-state index contributed by atoms with van der Waals surface area (Å²) in [6, 6.07) is 5.04. The first kappa shape index (κ1) is 12.3. The SMILES string of the molecule is NC[C@H](CC(=O)O)c1ccc(Cl)c(Cl)c1. The summed E-state index contributed by atoms with van der Waals surface area (Å²) in [7, 11) is 0. The first-order chi connectivity index (χ1) is 7.04. The van der Waals surface area contributed by atoms with Crippen molar-refractivity contribution in [2.24, 2.45) is 5.73 Å². The second-order valence-electron chi connectivity index (χ2n) is 3.20. The molecule has 3 nitrogen and oxygen atoms in total. The fourth-order valence-electron chi connectivity index (χ4n) is 1.31. The minimum atomic E-state index is -0.878. The number of halogens is 2. The minimum absolute atomic E-state index is 0.00549. The molecule has 0 saturated heterocycles. The van der Waals surface area contributed by atoms with Gasteiger partial charge in [0.05, 0.1) is 16.5 Å². The molecule has 0 aliphatic carbocycles. The van der Waals surface area contributed by atoms with Crippen molar-refractivity contribution in [3.63, 3.8) is 0 Å². The van der Waals surface area contributed by atoms with Crippen molar-refractivity contribution in [2.45, 2.75) is 12.3 Å². The van der Waals surface area contributed by atoms with Crippen LogP contribution in [0, 0.1) is 0 Å². The molecule has 3 N–H and O–H groups in total. The van der Waals surface area contributed by atoms with Gasteiger partial charge in [-0.1, -0.05) is 29.3 Å². The van der Waals surface area contributed by atoms with E-state index in [4.69, 9.17) is 34.0 Å². The second kappa shape index (κ2) is 5.35. The summed E-state index contributed by atoms with van der Waals surface area (Å²) in [4.78, 5) is 10.6. The van der Waals surface area contributed by atoms with E-state index in [9.17, 15) is 4.79 Å². The van der Waals surface area contributed by atoms with Gasteiger partial charge in [-0.2, -0.15) is 0 Å². The van der Waals surface area contributed by atoms with Gasteiger partial charge in [0.25, 0.3) is 0 Å². The van der Waals surface area contributed by atoms with Crippen molar-refractivity contribution in [3.05, 3.63) is 33.8 Å². The summed E-state index contributed by atoms with van der Waals surface area (Å²) in [5.74, 6) is -1.10. The lowest BCUT2D eigenvalue weighted by molar-refractivity contribution is -0.137. The lowest BCUT2D eigenvalue weighted by Crippen LogP contribution is -2.16. The molecular weight excluding hydrogens is 237 g/mol. The number of rotatable bonds is 4. The van der Waals surface area contributed by atoms with E-state index in [1.807, 2.05) is 0 Å². The maximum atomic E-state index is 10.6. The third kappa shape index (κ3) is 3.38. The van der Waals surface area contributed by atoms with Crippen molar-refractivity contribution in [2.75, 3.05) is 6.54 Å². The van der Waals surface area contributed by atoms with Gasteiger partial charge >= 0.3 is 5.97 Å². The molecule has 15 heavy (non-hydrogen) atoms. The zero-order valence-electron chi connectivity index (χ0n) is 7.91. The quantitative estimate of drug-likeness (QED) is 0.860. The first-order valence-electron chi connectivity index (χ1n) is 4.41. The number of carboxylic acid groups (broad SMARTS) is 1. The Balaban J connectivity index is 2.92. The van der Waals surface area contributed by atoms with Crippen LogP contribution in [0.25, 0.3) is 0 Å². The van der Waals surface area contributed by atoms with Crippen LogP contribution < -0.4 is 5.73 Å². The summed E-state index contributed by atoms with van der Waals surface area (Å²) in [5, 5.41) is 9.55. The van der Waals surface area contributed by atoms with Crippen LogP contribution in [0.4, 0.5) is 0 Å². The molecular formula is C10H11Cl2NO2. The van der Waals surface area contributed by atoms with Crippen molar-refractivity contribution < 1.29 is 9.90 Å². The Morgan fingerprint density at radius 2 is 2.07 bits per heavy atom. The zero-order chi connectivity index (χ0) is 11.4. The van der Waals surface area contributed by atoms with Crippen LogP contribution in [0.3, 0.4) is 0 Å². The molecule has 0 heterocycles. The highest BCUT2D eigenvalue weighted by Crippen LogP contribution is 2.27. The number of benzene rings is 1. The molecule has 5 heteroatoms. The number of carboxylic acids is 1. The van der Waals surface area contributed by atoms with Crippen molar-refractivity contribution in [1.29, 1.82) is 0 Å². The van der Waals surface area contributed by atoms with Crippen LogP contribution in [0.2, 0.25) is 10.0 Å². The molecule has 1 aromatic rings. The van der Waals surface area contributed by atoms with E-state index in [1.54, 1.807) is 18.2 Å². The Bertz CT molecular complexity index is 368. The third-order valence-corrected chi connectivity index (χ3v) is 2.86. The lowest BCUT2D eigenvalue weighted by atomic mass is 9.96. The zero-order valence-corrected chi connectivity index (χ0v) is 9.42. The number of nitrogens with two attached hydrogens (primary N) is 1. The van der Waals surface area contributed by atoms with Gasteiger partial charge in [-0.05, 0) is 24.2 Å². The molecule has 0 aliphatic rings. The highest BCUT2D eigenvalue weighted by atomic mass is 35.5. The van der Waals surface area contributed by atoms with E-state index in [1.165, 1.54) is 0 Å². The van der Waals surface area contributed by atoms with Gasteiger partial charge in [0.2, 0.25) is 0 Å². The molecule has 0 amide bonds. The number of aliphatic carboxylic acids is 1. The maximum Gasteiger partial charge on any atom is 0.304 e. The average molecular weight is 248 g/mol. The molecule has 0 unspecified atom stereocenters. The Labute approximate surface area is 97.8 Å². The smallest absolute Gasteiger partial charge is 0.304 e. The van der Waals surface area contributed by atoms with Crippen LogP contribution >= 0.6 is 23.2 Å². The molecule has 1 atom stereocenters. The summed E-state index contributed by atoms with van der Waals surface area (Å²) in [5.41, 5.74) is 6.30. The van der Waals surface area contributed by atoms with Gasteiger partial charge < -0.3 is 10.8 Å². The van der Waals surface area contributed by atoms with E-state index in [0.717, 1.165) is 5.56 Å². The maximum absolute atomic E-state index is 10.6. The van der Waals surface area contributed by atoms with Crippen LogP contribution in [0.5, 0.6) is 0 Å². The van der Waals surface area contributed by atoms with Gasteiger partial charge in [-0.3, -0.25) is 4.79 Å². The van der Waals surface area contributed by atoms with Gasteiger partial charge in [0.1, 0.15) is 0 Å². The second-order valence-corrected chi connectivity index (χ2v) is 4.02. The standard InChI is InChI=1S/C10H11Cl2NO2/c11-8-2-1-6(3-9(8)12)7(5-13)4-10(14)15/h1-3,7H,4-5,13H2,(H,14,15)/t7-/m0/s1. The van der Waals surface area contributed by atoms with Gasteiger partial charge in [-0.25, -0.2) is 0 Å². The van der Waals surface area contributed by atoms with Gasteiger partial charge in [0, 0.05) is 5.92 Å².